The van der Waals surface area contributed by atoms with Gasteiger partial charge in [0.05, 0.1) is 25.8 Å². The van der Waals surface area contributed by atoms with Crippen molar-refractivity contribution in [2.24, 2.45) is 0 Å². The van der Waals surface area contributed by atoms with Gasteiger partial charge in [0.2, 0.25) is 11.8 Å². The number of nitrogens with zero attached hydrogens (tertiary/aromatic N) is 2. The van der Waals surface area contributed by atoms with Crippen molar-refractivity contribution in [1.29, 1.82) is 0 Å². The van der Waals surface area contributed by atoms with Crippen molar-refractivity contribution < 1.29 is 28.6 Å². The number of ether oxygens (including phenoxy) is 2. The van der Waals surface area contributed by atoms with Gasteiger partial charge in [0, 0.05) is 4.90 Å². The van der Waals surface area contributed by atoms with Crippen LogP contribution < -0.4 is 14.8 Å². The van der Waals surface area contributed by atoms with Crippen LogP contribution in [0.5, 0.6) is 11.8 Å². The van der Waals surface area contributed by atoms with Gasteiger partial charge in [-0.3, -0.25) is 9.59 Å². The monoisotopic (exact) mass is 381 g/mol. The fraction of sp³-hybridized carbons (Fsp3) is 0.250. The first-order chi connectivity index (χ1) is 12.3. The lowest BCUT2D eigenvalue weighted by atomic mass is 10.2. The largest absolute Gasteiger partial charge is 0.481 e. The van der Waals surface area contributed by atoms with Gasteiger partial charge in [-0.25, -0.2) is 4.39 Å². The molecule has 0 aliphatic rings. The molecule has 10 heteroatoms. The number of benzene rings is 1. The molecule has 0 aliphatic carbocycles. The second-order valence-corrected chi connectivity index (χ2v) is 5.99. The molecular weight excluding hydrogens is 365 g/mol. The highest BCUT2D eigenvalue weighted by atomic mass is 32.2. The average Bonchev–Trinajstić information content (AvgIpc) is 2.61. The Kier molecular flexibility index (Phi) is 6.34. The molecule has 0 saturated carbocycles. The molecule has 0 fully saturated rings. The number of carboxylic acids is 1. The molecule has 0 aliphatic heterocycles. The number of nitrogens with one attached hydrogen (secondary N) is 1. The van der Waals surface area contributed by atoms with Crippen LogP contribution in [-0.2, 0) is 4.79 Å². The Balaban J connectivity index is 2.38. The van der Waals surface area contributed by atoms with Crippen LogP contribution in [-0.4, -0.2) is 47.2 Å². The van der Waals surface area contributed by atoms with E-state index < -0.39 is 23.7 Å². The lowest BCUT2D eigenvalue weighted by Gasteiger charge is -2.13. The Morgan fingerprint density at radius 3 is 2.38 bits per heavy atom. The molecule has 1 amide bonds. The highest BCUT2D eigenvalue weighted by molar-refractivity contribution is 7.99. The van der Waals surface area contributed by atoms with Gasteiger partial charge in [0.15, 0.2) is 5.16 Å². The van der Waals surface area contributed by atoms with Crippen molar-refractivity contribution >= 4 is 23.6 Å². The van der Waals surface area contributed by atoms with Crippen LogP contribution in [0.4, 0.5) is 4.39 Å². The van der Waals surface area contributed by atoms with Gasteiger partial charge in [0.1, 0.15) is 11.9 Å². The zero-order chi connectivity index (χ0) is 19.3. The number of aromatic nitrogens is 2. The van der Waals surface area contributed by atoms with Crippen molar-refractivity contribution in [2.45, 2.75) is 23.0 Å². The Morgan fingerprint density at radius 1 is 1.23 bits per heavy atom. The molecule has 1 aromatic carbocycles. The first kappa shape index (κ1) is 19.4. The topological polar surface area (TPSA) is 111 Å². The minimum Gasteiger partial charge on any atom is -0.481 e. The number of halogens is 1. The van der Waals surface area contributed by atoms with E-state index in [-0.39, 0.29) is 27.4 Å². The van der Waals surface area contributed by atoms with E-state index in [1.165, 1.54) is 39.3 Å². The van der Waals surface area contributed by atoms with Crippen molar-refractivity contribution in [3.63, 3.8) is 0 Å². The van der Waals surface area contributed by atoms with Gasteiger partial charge >= 0.3 is 5.97 Å². The summed E-state index contributed by atoms with van der Waals surface area (Å²) >= 11 is 0.921. The van der Waals surface area contributed by atoms with E-state index in [4.69, 9.17) is 14.6 Å². The van der Waals surface area contributed by atoms with Gasteiger partial charge in [-0.1, -0.05) is 6.07 Å². The summed E-state index contributed by atoms with van der Waals surface area (Å²) in [6.07, 6.45) is 0. The zero-order valence-electron chi connectivity index (χ0n) is 14.1. The average molecular weight is 381 g/mol. The molecule has 0 bridgehead atoms. The SMILES string of the molecule is COc1cc(OC)nc(Sc2cccc(F)c2C(=O)N[C@@H](C)C(=O)O)n1. The number of hydrogen-bond donors (Lipinski definition) is 2. The number of carboxylic acid groups (broad SMARTS) is 1. The smallest absolute Gasteiger partial charge is 0.325 e. The second-order valence-electron chi connectivity index (χ2n) is 4.98. The van der Waals surface area contributed by atoms with Crippen LogP contribution in [0.1, 0.15) is 17.3 Å². The maximum Gasteiger partial charge on any atom is 0.325 e. The predicted molar refractivity (Wildman–Crippen MR) is 90.2 cm³/mol. The Morgan fingerprint density at radius 2 is 1.85 bits per heavy atom. The second kappa shape index (κ2) is 8.48. The number of amides is 1. The molecule has 0 saturated heterocycles. The number of hydrogen-bond acceptors (Lipinski definition) is 7. The highest BCUT2D eigenvalue weighted by Crippen LogP contribution is 2.31. The van der Waals surface area contributed by atoms with E-state index in [0.29, 0.717) is 0 Å². The van der Waals surface area contributed by atoms with E-state index in [0.717, 1.165) is 17.8 Å². The summed E-state index contributed by atoms with van der Waals surface area (Å²) < 4.78 is 24.3. The minimum absolute atomic E-state index is 0.173. The molecule has 2 N–H and O–H groups in total. The number of methoxy groups -OCH3 is 2. The predicted octanol–water partition coefficient (Wildman–Crippen LogP) is 1.99. The molecule has 0 unspecified atom stereocenters. The molecule has 8 nitrogen and oxygen atoms in total. The standard InChI is InChI=1S/C16H16FN3O5S/c1-8(15(22)23)18-14(21)13-9(17)5-4-6-10(13)26-16-19-11(24-2)7-12(20-16)25-3/h4-8H,1-3H3,(H,18,21)(H,22,23)/t8-/m0/s1. The third-order valence-corrected chi connectivity index (χ3v) is 4.12. The molecular formula is C16H16FN3O5S. The third-order valence-electron chi connectivity index (χ3n) is 3.20. The fourth-order valence-electron chi connectivity index (χ4n) is 1.88. The molecule has 1 atom stereocenters. The van der Waals surface area contributed by atoms with Gasteiger partial charge in [-0.2, -0.15) is 9.97 Å². The summed E-state index contributed by atoms with van der Waals surface area (Å²) in [6, 6.07) is 4.33. The summed E-state index contributed by atoms with van der Waals surface area (Å²) in [4.78, 5) is 31.7. The molecule has 1 heterocycles. The van der Waals surface area contributed by atoms with E-state index in [1.807, 2.05) is 0 Å². The Labute approximate surface area is 152 Å². The lowest BCUT2D eigenvalue weighted by Crippen LogP contribution is -2.38. The van der Waals surface area contributed by atoms with Crippen molar-refractivity contribution in [3.8, 4) is 11.8 Å². The lowest BCUT2D eigenvalue weighted by molar-refractivity contribution is -0.138. The van der Waals surface area contributed by atoms with Gasteiger partial charge in [-0.15, -0.1) is 0 Å². The fourth-order valence-corrected chi connectivity index (χ4v) is 2.78. The highest BCUT2D eigenvalue weighted by Gasteiger charge is 2.22. The van der Waals surface area contributed by atoms with Crippen LogP contribution in [0, 0.1) is 5.82 Å². The molecule has 2 rings (SSSR count). The summed E-state index contributed by atoms with van der Waals surface area (Å²) in [5.41, 5.74) is -0.295. The van der Waals surface area contributed by atoms with Crippen molar-refractivity contribution in [3.05, 3.63) is 35.6 Å². The quantitative estimate of drug-likeness (QED) is 0.701. The van der Waals surface area contributed by atoms with Crippen LogP contribution in [0.15, 0.2) is 34.3 Å². The van der Waals surface area contributed by atoms with Gasteiger partial charge in [0.25, 0.3) is 5.91 Å². The van der Waals surface area contributed by atoms with E-state index >= 15 is 0 Å². The summed E-state index contributed by atoms with van der Waals surface area (Å²) in [7, 11) is 2.84. The van der Waals surface area contributed by atoms with Crippen molar-refractivity contribution in [2.75, 3.05) is 14.2 Å². The molecule has 2 aromatic rings. The van der Waals surface area contributed by atoms with Crippen molar-refractivity contribution in [1.82, 2.24) is 15.3 Å². The van der Waals surface area contributed by atoms with Crippen LogP contribution in [0.3, 0.4) is 0 Å². The van der Waals surface area contributed by atoms with E-state index in [9.17, 15) is 14.0 Å². The summed E-state index contributed by atoms with van der Waals surface area (Å²) in [6.45, 7) is 1.28. The molecule has 138 valence electrons. The van der Waals surface area contributed by atoms with Crippen LogP contribution in [0.2, 0.25) is 0 Å². The third kappa shape index (κ3) is 4.60. The Bertz CT molecular complexity index is 811. The first-order valence-corrected chi connectivity index (χ1v) is 8.14. The number of carbonyl (C=O) groups excluding carboxylic acids is 1. The summed E-state index contributed by atoms with van der Waals surface area (Å²) in [5.74, 6) is -2.40. The first-order valence-electron chi connectivity index (χ1n) is 7.32. The zero-order valence-corrected chi connectivity index (χ0v) is 15.0. The van der Waals surface area contributed by atoms with E-state index in [1.54, 1.807) is 0 Å². The number of rotatable bonds is 7. The van der Waals surface area contributed by atoms with E-state index in [2.05, 4.69) is 15.3 Å². The number of aliphatic carboxylic acids is 1. The molecule has 26 heavy (non-hydrogen) atoms. The van der Waals surface area contributed by atoms with Gasteiger partial charge in [-0.05, 0) is 30.8 Å². The maximum absolute atomic E-state index is 14.2. The van der Waals surface area contributed by atoms with Crippen LogP contribution in [0.25, 0.3) is 0 Å². The van der Waals surface area contributed by atoms with Crippen LogP contribution >= 0.6 is 11.8 Å². The van der Waals surface area contributed by atoms with Gasteiger partial charge < -0.3 is 19.9 Å². The maximum atomic E-state index is 14.2. The number of carbonyl (C=O) groups is 2. The molecule has 0 spiro atoms. The molecule has 1 aromatic heterocycles. The normalized spacial score (nSPS) is 11.5. The minimum atomic E-state index is -1.23. The summed E-state index contributed by atoms with van der Waals surface area (Å²) in [5, 5.41) is 11.3. The Hall–Kier alpha value is -2.88. The molecule has 0 radical (unpaired) electrons.